The van der Waals surface area contributed by atoms with E-state index in [1.54, 1.807) is 6.07 Å². The Morgan fingerprint density at radius 2 is 1.80 bits per heavy atom. The number of hydrogen-bond acceptors (Lipinski definition) is 2. The maximum atomic E-state index is 9.70. The number of benzene rings is 1. The monoisotopic (exact) mass is 206 g/mol. The third-order valence-electron chi connectivity index (χ3n) is 3.56. The molecule has 0 aliphatic heterocycles. The molecule has 2 rings (SSSR count). The summed E-state index contributed by atoms with van der Waals surface area (Å²) in [7, 11) is 0. The Kier molecular flexibility index (Phi) is 2.96. The number of para-hydroxylation sites is 1. The Bertz CT molecular complexity index is 327. The molecule has 0 aromatic heterocycles. The van der Waals surface area contributed by atoms with E-state index in [9.17, 15) is 10.2 Å². The van der Waals surface area contributed by atoms with Crippen LogP contribution in [0.4, 0.5) is 0 Å². The van der Waals surface area contributed by atoms with Gasteiger partial charge in [0.25, 0.3) is 0 Å². The highest BCUT2D eigenvalue weighted by molar-refractivity contribution is 5.32. The van der Waals surface area contributed by atoms with Crippen LogP contribution in [0.3, 0.4) is 0 Å². The van der Waals surface area contributed by atoms with E-state index in [2.05, 4.69) is 0 Å². The molecule has 0 bridgehead atoms. The maximum Gasteiger partial charge on any atom is 0.118 e. The fraction of sp³-hybridized carbons (Fsp3) is 0.538. The summed E-state index contributed by atoms with van der Waals surface area (Å²) in [5.74, 6) is 0.359. The summed E-state index contributed by atoms with van der Waals surface area (Å²) >= 11 is 0. The number of aromatic hydroxyl groups is 1. The van der Waals surface area contributed by atoms with Gasteiger partial charge in [0, 0.05) is 6.61 Å². The van der Waals surface area contributed by atoms with E-state index >= 15 is 0 Å². The van der Waals surface area contributed by atoms with Crippen LogP contribution >= 0.6 is 0 Å². The van der Waals surface area contributed by atoms with E-state index in [-0.39, 0.29) is 12.0 Å². The van der Waals surface area contributed by atoms with Crippen molar-refractivity contribution in [2.45, 2.75) is 32.1 Å². The molecule has 1 fully saturated rings. The minimum absolute atomic E-state index is 0.0266. The molecule has 1 aliphatic rings. The van der Waals surface area contributed by atoms with Crippen molar-refractivity contribution in [1.82, 2.24) is 0 Å². The average Bonchev–Trinajstić information content (AvgIpc) is 2.71. The van der Waals surface area contributed by atoms with Crippen LogP contribution in [0.5, 0.6) is 5.75 Å². The van der Waals surface area contributed by atoms with E-state index in [0.29, 0.717) is 5.75 Å². The molecule has 2 heteroatoms. The van der Waals surface area contributed by atoms with Crippen LogP contribution in [0.1, 0.15) is 31.2 Å². The second-order valence-corrected chi connectivity index (χ2v) is 4.67. The Morgan fingerprint density at radius 3 is 2.40 bits per heavy atom. The van der Waals surface area contributed by atoms with E-state index in [4.69, 9.17) is 0 Å². The van der Waals surface area contributed by atoms with Gasteiger partial charge in [-0.05, 0) is 36.3 Å². The van der Waals surface area contributed by atoms with Gasteiger partial charge in [-0.15, -0.1) is 0 Å². The van der Waals surface area contributed by atoms with E-state index < -0.39 is 0 Å². The second-order valence-electron chi connectivity index (χ2n) is 4.67. The normalized spacial score (nSPS) is 19.3. The van der Waals surface area contributed by atoms with Crippen molar-refractivity contribution < 1.29 is 10.2 Å². The van der Waals surface area contributed by atoms with Gasteiger partial charge in [-0.3, -0.25) is 0 Å². The maximum absolute atomic E-state index is 9.70. The second kappa shape index (κ2) is 4.23. The summed E-state index contributed by atoms with van der Waals surface area (Å²) in [6, 6.07) is 7.44. The van der Waals surface area contributed by atoms with Crippen LogP contribution in [0.15, 0.2) is 24.3 Å². The summed E-state index contributed by atoms with van der Waals surface area (Å²) in [4.78, 5) is 0. The molecular formula is C13H18O2. The molecule has 1 saturated carbocycles. The van der Waals surface area contributed by atoms with E-state index in [0.717, 1.165) is 24.8 Å². The molecule has 0 radical (unpaired) electrons. The lowest BCUT2D eigenvalue weighted by Crippen LogP contribution is -2.24. The Morgan fingerprint density at radius 1 is 1.13 bits per heavy atom. The molecule has 1 aromatic rings. The molecule has 0 unspecified atom stereocenters. The van der Waals surface area contributed by atoms with Gasteiger partial charge in [0.05, 0.1) is 0 Å². The molecule has 0 saturated heterocycles. The van der Waals surface area contributed by atoms with Gasteiger partial charge < -0.3 is 10.2 Å². The van der Waals surface area contributed by atoms with Gasteiger partial charge in [0.2, 0.25) is 0 Å². The lowest BCUT2D eigenvalue weighted by molar-refractivity contribution is 0.130. The number of phenolic OH excluding ortho intramolecular Hbond substituents is 1. The third kappa shape index (κ3) is 2.15. The fourth-order valence-electron chi connectivity index (χ4n) is 2.58. The zero-order chi connectivity index (χ0) is 10.7. The molecule has 0 heterocycles. The first-order valence-corrected chi connectivity index (χ1v) is 5.63. The number of phenols is 1. The molecule has 1 aliphatic carbocycles. The average molecular weight is 206 g/mol. The molecule has 0 amide bonds. The minimum Gasteiger partial charge on any atom is -0.508 e. The molecule has 15 heavy (non-hydrogen) atoms. The largest absolute Gasteiger partial charge is 0.508 e. The zero-order valence-electron chi connectivity index (χ0n) is 8.95. The molecule has 1 aromatic carbocycles. The van der Waals surface area contributed by atoms with Gasteiger partial charge in [-0.25, -0.2) is 0 Å². The highest BCUT2D eigenvalue weighted by Crippen LogP contribution is 2.41. The van der Waals surface area contributed by atoms with Crippen molar-refractivity contribution in [3.63, 3.8) is 0 Å². The van der Waals surface area contributed by atoms with Gasteiger partial charge in [-0.1, -0.05) is 31.0 Å². The van der Waals surface area contributed by atoms with Crippen molar-refractivity contribution in [2.24, 2.45) is 5.41 Å². The topological polar surface area (TPSA) is 40.5 Å². The molecule has 0 atom stereocenters. The van der Waals surface area contributed by atoms with Crippen LogP contribution in [-0.4, -0.2) is 16.8 Å². The third-order valence-corrected chi connectivity index (χ3v) is 3.56. The predicted molar refractivity (Wildman–Crippen MR) is 59.8 cm³/mol. The molecular weight excluding hydrogens is 188 g/mol. The van der Waals surface area contributed by atoms with Crippen molar-refractivity contribution in [1.29, 1.82) is 0 Å². The first-order valence-electron chi connectivity index (χ1n) is 5.63. The van der Waals surface area contributed by atoms with Gasteiger partial charge in [0.15, 0.2) is 0 Å². The van der Waals surface area contributed by atoms with E-state index in [1.165, 1.54) is 12.8 Å². The molecule has 2 nitrogen and oxygen atoms in total. The predicted octanol–water partition coefficient (Wildman–Crippen LogP) is 2.49. The van der Waals surface area contributed by atoms with Crippen LogP contribution in [0.25, 0.3) is 0 Å². The zero-order valence-corrected chi connectivity index (χ0v) is 8.95. The van der Waals surface area contributed by atoms with E-state index in [1.807, 2.05) is 18.2 Å². The highest BCUT2D eigenvalue weighted by Gasteiger charge is 2.33. The first-order chi connectivity index (χ1) is 7.26. The summed E-state index contributed by atoms with van der Waals surface area (Å²) in [6.45, 7) is 0.237. The lowest BCUT2D eigenvalue weighted by Gasteiger charge is -2.26. The van der Waals surface area contributed by atoms with Crippen LogP contribution < -0.4 is 0 Å². The lowest BCUT2D eigenvalue weighted by atomic mass is 9.80. The summed E-state index contributed by atoms with van der Waals surface area (Å²) in [5.41, 5.74) is 0.993. The standard InChI is InChI=1S/C13H18O2/c14-10-13(7-3-4-8-13)9-11-5-1-2-6-12(11)15/h1-2,5-6,14-15H,3-4,7-10H2. The highest BCUT2D eigenvalue weighted by atomic mass is 16.3. The Labute approximate surface area is 90.6 Å². The van der Waals surface area contributed by atoms with Crippen molar-refractivity contribution in [3.8, 4) is 5.75 Å². The van der Waals surface area contributed by atoms with Gasteiger partial charge in [0.1, 0.15) is 5.75 Å². The van der Waals surface area contributed by atoms with Crippen LogP contribution in [-0.2, 0) is 6.42 Å². The molecule has 82 valence electrons. The number of aliphatic hydroxyl groups is 1. The molecule has 2 N–H and O–H groups in total. The number of aliphatic hydroxyl groups excluding tert-OH is 1. The summed E-state index contributed by atoms with van der Waals surface area (Å²) in [5, 5.41) is 19.2. The van der Waals surface area contributed by atoms with Crippen LogP contribution in [0, 0.1) is 5.41 Å². The Hall–Kier alpha value is -1.02. The number of hydrogen-bond donors (Lipinski definition) is 2. The quantitative estimate of drug-likeness (QED) is 0.797. The molecule has 0 spiro atoms. The van der Waals surface area contributed by atoms with Gasteiger partial charge in [-0.2, -0.15) is 0 Å². The Balaban J connectivity index is 2.16. The van der Waals surface area contributed by atoms with Crippen molar-refractivity contribution in [3.05, 3.63) is 29.8 Å². The fourth-order valence-corrected chi connectivity index (χ4v) is 2.58. The van der Waals surface area contributed by atoms with Crippen molar-refractivity contribution in [2.75, 3.05) is 6.61 Å². The summed E-state index contributed by atoms with van der Waals surface area (Å²) < 4.78 is 0. The first kappa shape index (κ1) is 10.5. The van der Waals surface area contributed by atoms with Crippen molar-refractivity contribution >= 4 is 0 Å². The van der Waals surface area contributed by atoms with Gasteiger partial charge >= 0.3 is 0 Å². The number of rotatable bonds is 3. The minimum atomic E-state index is 0.0266. The smallest absolute Gasteiger partial charge is 0.118 e. The van der Waals surface area contributed by atoms with Crippen LogP contribution in [0.2, 0.25) is 0 Å². The SMILES string of the molecule is OCC1(Cc2ccccc2O)CCCC1. The summed E-state index contributed by atoms with van der Waals surface area (Å²) in [6.07, 6.45) is 5.37.